The predicted octanol–water partition coefficient (Wildman–Crippen LogP) is 2.44. The van der Waals surface area contributed by atoms with Crippen LogP contribution >= 0.6 is 0 Å². The molecule has 0 bridgehead atoms. The van der Waals surface area contributed by atoms with E-state index in [0.29, 0.717) is 31.0 Å². The smallest absolute Gasteiger partial charge is 0.409 e. The quantitative estimate of drug-likeness (QED) is 0.905. The molecule has 0 radical (unpaired) electrons. The van der Waals surface area contributed by atoms with E-state index in [1.165, 1.54) is 7.11 Å². The van der Waals surface area contributed by atoms with Crippen LogP contribution in [-0.4, -0.2) is 49.7 Å². The van der Waals surface area contributed by atoms with E-state index in [4.69, 9.17) is 9.47 Å². The van der Waals surface area contributed by atoms with Crippen molar-refractivity contribution in [3.8, 4) is 5.75 Å². The normalized spacial score (nSPS) is 15.1. The third kappa shape index (κ3) is 4.87. The van der Waals surface area contributed by atoms with Crippen LogP contribution in [0.3, 0.4) is 0 Å². The SMILES string of the molecule is CCCOc1cccc(C(=O)NC2CCN(C(=O)OC)CC2)c1. The van der Waals surface area contributed by atoms with Gasteiger partial charge < -0.3 is 19.7 Å². The molecule has 1 aliphatic heterocycles. The van der Waals surface area contributed by atoms with Crippen molar-refractivity contribution < 1.29 is 19.1 Å². The molecule has 6 heteroatoms. The zero-order valence-corrected chi connectivity index (χ0v) is 13.7. The summed E-state index contributed by atoms with van der Waals surface area (Å²) in [4.78, 5) is 25.4. The van der Waals surface area contributed by atoms with Gasteiger partial charge in [-0.05, 0) is 37.5 Å². The van der Waals surface area contributed by atoms with E-state index in [-0.39, 0.29) is 18.0 Å². The third-order valence-electron chi connectivity index (χ3n) is 3.83. The molecule has 1 heterocycles. The number of amides is 2. The van der Waals surface area contributed by atoms with Crippen LogP contribution in [-0.2, 0) is 4.74 Å². The van der Waals surface area contributed by atoms with Gasteiger partial charge >= 0.3 is 6.09 Å². The van der Waals surface area contributed by atoms with Gasteiger partial charge in [-0.2, -0.15) is 0 Å². The number of nitrogens with one attached hydrogen (secondary N) is 1. The number of methoxy groups -OCH3 is 1. The van der Waals surface area contributed by atoms with Crippen LogP contribution in [0.2, 0.25) is 0 Å². The van der Waals surface area contributed by atoms with Crippen LogP contribution in [0.4, 0.5) is 4.79 Å². The van der Waals surface area contributed by atoms with E-state index in [0.717, 1.165) is 19.3 Å². The first-order chi connectivity index (χ1) is 11.1. The lowest BCUT2D eigenvalue weighted by molar-refractivity contribution is 0.0892. The third-order valence-corrected chi connectivity index (χ3v) is 3.83. The molecule has 0 atom stereocenters. The molecule has 0 unspecified atom stereocenters. The van der Waals surface area contributed by atoms with Gasteiger partial charge in [-0.15, -0.1) is 0 Å². The highest BCUT2D eigenvalue weighted by Gasteiger charge is 2.24. The van der Waals surface area contributed by atoms with E-state index in [1.54, 1.807) is 17.0 Å². The fourth-order valence-electron chi connectivity index (χ4n) is 2.55. The van der Waals surface area contributed by atoms with Gasteiger partial charge in [0.2, 0.25) is 0 Å². The molecule has 6 nitrogen and oxygen atoms in total. The Morgan fingerprint density at radius 1 is 1.30 bits per heavy atom. The number of piperidine rings is 1. The minimum atomic E-state index is -0.310. The van der Waals surface area contributed by atoms with E-state index < -0.39 is 0 Å². The van der Waals surface area contributed by atoms with E-state index >= 15 is 0 Å². The molecule has 23 heavy (non-hydrogen) atoms. The second kappa shape index (κ2) is 8.41. The molecule has 1 aromatic carbocycles. The van der Waals surface area contributed by atoms with Gasteiger partial charge in [0, 0.05) is 24.7 Å². The first kappa shape index (κ1) is 17.1. The van der Waals surface area contributed by atoms with Crippen molar-refractivity contribution in [3.63, 3.8) is 0 Å². The van der Waals surface area contributed by atoms with Crippen LogP contribution in [0.1, 0.15) is 36.5 Å². The van der Waals surface area contributed by atoms with Gasteiger partial charge in [0.15, 0.2) is 0 Å². The highest BCUT2D eigenvalue weighted by molar-refractivity contribution is 5.94. The van der Waals surface area contributed by atoms with Crippen molar-refractivity contribution in [1.82, 2.24) is 10.2 Å². The Labute approximate surface area is 136 Å². The molecule has 126 valence electrons. The van der Waals surface area contributed by atoms with Crippen LogP contribution in [0.15, 0.2) is 24.3 Å². The van der Waals surface area contributed by atoms with Gasteiger partial charge in [-0.3, -0.25) is 4.79 Å². The molecule has 2 amide bonds. The lowest BCUT2D eigenvalue weighted by Crippen LogP contribution is -2.46. The highest BCUT2D eigenvalue weighted by atomic mass is 16.5. The maximum absolute atomic E-state index is 12.3. The number of hydrogen-bond donors (Lipinski definition) is 1. The summed E-state index contributed by atoms with van der Waals surface area (Å²) >= 11 is 0. The average molecular weight is 320 g/mol. The summed E-state index contributed by atoms with van der Waals surface area (Å²) in [6.07, 6.45) is 2.07. The number of hydrogen-bond acceptors (Lipinski definition) is 4. The Balaban J connectivity index is 1.86. The molecule has 0 aromatic heterocycles. The topological polar surface area (TPSA) is 67.9 Å². The van der Waals surface area contributed by atoms with Gasteiger partial charge in [0.1, 0.15) is 5.75 Å². The molecule has 0 saturated carbocycles. The van der Waals surface area contributed by atoms with Gasteiger partial charge in [-0.1, -0.05) is 13.0 Å². The van der Waals surface area contributed by atoms with E-state index in [2.05, 4.69) is 5.32 Å². The van der Waals surface area contributed by atoms with E-state index in [9.17, 15) is 9.59 Å². The van der Waals surface area contributed by atoms with Crippen LogP contribution in [0.25, 0.3) is 0 Å². The molecular formula is C17H24N2O4. The number of benzene rings is 1. The number of likely N-dealkylation sites (tertiary alicyclic amines) is 1. The Morgan fingerprint density at radius 3 is 2.70 bits per heavy atom. The molecule has 1 N–H and O–H groups in total. The molecule has 1 aromatic rings. The lowest BCUT2D eigenvalue weighted by Gasteiger charge is -2.31. The minimum absolute atomic E-state index is 0.0728. The van der Waals surface area contributed by atoms with Gasteiger partial charge in [0.25, 0.3) is 5.91 Å². The summed E-state index contributed by atoms with van der Waals surface area (Å²) in [7, 11) is 1.38. The van der Waals surface area contributed by atoms with Crippen molar-refractivity contribution >= 4 is 12.0 Å². The first-order valence-electron chi connectivity index (χ1n) is 8.00. The zero-order valence-electron chi connectivity index (χ0n) is 13.7. The van der Waals surface area contributed by atoms with E-state index in [1.807, 2.05) is 19.1 Å². The van der Waals surface area contributed by atoms with Gasteiger partial charge in [-0.25, -0.2) is 4.79 Å². The molecule has 0 spiro atoms. The summed E-state index contributed by atoms with van der Waals surface area (Å²) in [5.41, 5.74) is 0.592. The maximum Gasteiger partial charge on any atom is 0.409 e. The Bertz CT molecular complexity index is 539. The zero-order chi connectivity index (χ0) is 16.7. The molecule has 2 rings (SSSR count). The van der Waals surface area contributed by atoms with Crippen LogP contribution in [0, 0.1) is 0 Å². The second-order valence-electron chi connectivity index (χ2n) is 5.58. The van der Waals surface area contributed by atoms with Crippen LogP contribution < -0.4 is 10.1 Å². The van der Waals surface area contributed by atoms with Crippen LogP contribution in [0.5, 0.6) is 5.75 Å². The number of nitrogens with zero attached hydrogens (tertiary/aromatic N) is 1. The largest absolute Gasteiger partial charge is 0.494 e. The van der Waals surface area contributed by atoms with Crippen molar-refractivity contribution in [3.05, 3.63) is 29.8 Å². The number of carbonyl (C=O) groups is 2. The van der Waals surface area contributed by atoms with Crippen molar-refractivity contribution in [2.75, 3.05) is 26.8 Å². The second-order valence-corrected chi connectivity index (χ2v) is 5.58. The Morgan fingerprint density at radius 2 is 2.04 bits per heavy atom. The van der Waals surface area contributed by atoms with Crippen molar-refractivity contribution in [2.24, 2.45) is 0 Å². The molecular weight excluding hydrogens is 296 g/mol. The molecule has 0 aliphatic carbocycles. The monoisotopic (exact) mass is 320 g/mol. The summed E-state index contributed by atoms with van der Waals surface area (Å²) < 4.78 is 10.3. The van der Waals surface area contributed by atoms with Gasteiger partial charge in [0.05, 0.1) is 13.7 Å². The molecule has 1 aliphatic rings. The lowest BCUT2D eigenvalue weighted by atomic mass is 10.0. The fraction of sp³-hybridized carbons (Fsp3) is 0.529. The standard InChI is InChI=1S/C17H24N2O4/c1-3-11-23-15-6-4-5-13(12-15)16(20)18-14-7-9-19(10-8-14)17(21)22-2/h4-6,12,14H,3,7-11H2,1-2H3,(H,18,20). The summed E-state index contributed by atoms with van der Waals surface area (Å²) in [6, 6.07) is 7.27. The summed E-state index contributed by atoms with van der Waals surface area (Å²) in [5.74, 6) is 0.600. The molecule has 1 fully saturated rings. The number of ether oxygens (including phenoxy) is 2. The summed E-state index contributed by atoms with van der Waals surface area (Å²) in [5, 5.41) is 3.02. The molecule has 1 saturated heterocycles. The predicted molar refractivity (Wildman–Crippen MR) is 86.7 cm³/mol. The first-order valence-corrected chi connectivity index (χ1v) is 8.00. The summed E-state index contributed by atoms with van der Waals surface area (Å²) in [6.45, 7) is 3.86. The Kier molecular flexibility index (Phi) is 6.26. The minimum Gasteiger partial charge on any atom is -0.494 e. The van der Waals surface area contributed by atoms with Crippen molar-refractivity contribution in [2.45, 2.75) is 32.2 Å². The fourth-order valence-corrected chi connectivity index (χ4v) is 2.55. The average Bonchev–Trinajstić information content (AvgIpc) is 2.60. The number of rotatable bonds is 5. The van der Waals surface area contributed by atoms with Crippen molar-refractivity contribution in [1.29, 1.82) is 0 Å². The Hall–Kier alpha value is -2.24. The highest BCUT2D eigenvalue weighted by Crippen LogP contribution is 2.16. The number of carbonyl (C=O) groups excluding carboxylic acids is 2. The maximum atomic E-state index is 12.3.